The normalized spacial score (nSPS) is 12.1. The number of aromatic nitrogens is 2. The average Bonchev–Trinajstić information content (AvgIpc) is 2.60. The van der Waals surface area contributed by atoms with Gasteiger partial charge in [0.1, 0.15) is 0 Å². The molecule has 0 atom stereocenters. The van der Waals surface area contributed by atoms with Crippen LogP contribution in [0.15, 0.2) is 17.2 Å². The van der Waals surface area contributed by atoms with Gasteiger partial charge >= 0.3 is 0 Å². The fraction of sp³-hybridized carbons (Fsp3) is 0.545. The number of halogens is 1. The van der Waals surface area contributed by atoms with E-state index in [2.05, 4.69) is 25.0 Å². The minimum absolute atomic E-state index is 0.798. The van der Waals surface area contributed by atoms with Gasteiger partial charge in [0.15, 0.2) is 0 Å². The monoisotopic (exact) mass is 212 g/mol. The number of hydrogen-bond acceptors (Lipinski definition) is 1. The molecule has 1 heterocycles. The molecule has 78 valence electrons. The van der Waals surface area contributed by atoms with Crippen LogP contribution in [0.5, 0.6) is 0 Å². The third-order valence-corrected chi connectivity index (χ3v) is 2.60. The van der Waals surface area contributed by atoms with Crippen molar-refractivity contribution in [2.45, 2.75) is 40.2 Å². The topological polar surface area (TPSA) is 17.8 Å². The van der Waals surface area contributed by atoms with Crippen molar-refractivity contribution in [1.29, 1.82) is 0 Å². The molecule has 1 rings (SSSR count). The summed E-state index contributed by atoms with van der Waals surface area (Å²) in [5.74, 6) is 0. The Labute approximate surface area is 90.6 Å². The summed E-state index contributed by atoms with van der Waals surface area (Å²) in [5, 5.41) is 4.50. The van der Waals surface area contributed by atoms with Crippen LogP contribution in [0, 0.1) is 0 Å². The number of nitrogens with zero attached hydrogens (tertiary/aromatic N) is 2. The SMILES string of the molecule is CCc1cc(CC)n(C/C(C)=C/Cl)n1. The fourth-order valence-electron chi connectivity index (χ4n) is 1.38. The molecular weight excluding hydrogens is 196 g/mol. The second-order valence-corrected chi connectivity index (χ2v) is 3.67. The Balaban J connectivity index is 2.89. The van der Waals surface area contributed by atoms with Gasteiger partial charge in [-0.05, 0) is 31.4 Å². The van der Waals surface area contributed by atoms with Crippen LogP contribution in [-0.4, -0.2) is 9.78 Å². The molecule has 0 aliphatic heterocycles. The highest BCUT2D eigenvalue weighted by Crippen LogP contribution is 2.09. The smallest absolute Gasteiger partial charge is 0.0631 e. The summed E-state index contributed by atoms with van der Waals surface area (Å²) in [4.78, 5) is 0. The summed E-state index contributed by atoms with van der Waals surface area (Å²) in [6, 6.07) is 2.17. The third kappa shape index (κ3) is 2.61. The van der Waals surface area contributed by atoms with Crippen molar-refractivity contribution in [3.05, 3.63) is 28.6 Å². The first-order valence-electron chi connectivity index (χ1n) is 5.02. The Hall–Kier alpha value is -0.760. The van der Waals surface area contributed by atoms with Gasteiger partial charge in [0, 0.05) is 11.2 Å². The number of hydrogen-bond donors (Lipinski definition) is 0. The van der Waals surface area contributed by atoms with E-state index in [1.54, 1.807) is 5.54 Å². The minimum atomic E-state index is 0.798. The lowest BCUT2D eigenvalue weighted by molar-refractivity contribution is 0.633. The van der Waals surface area contributed by atoms with E-state index in [1.165, 1.54) is 5.69 Å². The standard InChI is InChI=1S/C11H17ClN2/c1-4-10-6-11(5-2)14(13-10)8-9(3)7-12/h6-7H,4-5,8H2,1-3H3/b9-7+. The van der Waals surface area contributed by atoms with Gasteiger partial charge < -0.3 is 0 Å². The molecule has 1 aromatic rings. The van der Waals surface area contributed by atoms with Gasteiger partial charge in [0.25, 0.3) is 0 Å². The van der Waals surface area contributed by atoms with Crippen molar-refractivity contribution in [3.63, 3.8) is 0 Å². The zero-order valence-corrected chi connectivity index (χ0v) is 9.80. The Morgan fingerprint density at radius 1 is 1.50 bits per heavy atom. The molecule has 0 fully saturated rings. The van der Waals surface area contributed by atoms with Crippen LogP contribution >= 0.6 is 11.6 Å². The lowest BCUT2D eigenvalue weighted by Gasteiger charge is -2.04. The molecule has 0 saturated carbocycles. The van der Waals surface area contributed by atoms with Crippen LogP contribution in [0.4, 0.5) is 0 Å². The Kier molecular flexibility index (Phi) is 4.21. The molecule has 0 saturated heterocycles. The molecule has 0 radical (unpaired) electrons. The fourth-order valence-corrected chi connectivity index (χ4v) is 1.45. The summed E-state index contributed by atoms with van der Waals surface area (Å²) in [6.45, 7) is 7.08. The van der Waals surface area contributed by atoms with Crippen molar-refractivity contribution in [1.82, 2.24) is 9.78 Å². The van der Waals surface area contributed by atoms with Gasteiger partial charge in [-0.3, -0.25) is 4.68 Å². The zero-order chi connectivity index (χ0) is 10.6. The average molecular weight is 213 g/mol. The maximum Gasteiger partial charge on any atom is 0.0631 e. The molecule has 0 aromatic carbocycles. The Morgan fingerprint density at radius 3 is 2.71 bits per heavy atom. The number of rotatable bonds is 4. The maximum absolute atomic E-state index is 5.63. The highest BCUT2D eigenvalue weighted by Gasteiger charge is 2.04. The molecule has 1 aromatic heterocycles. The van der Waals surface area contributed by atoms with Crippen LogP contribution in [0.1, 0.15) is 32.2 Å². The molecule has 0 amide bonds. The van der Waals surface area contributed by atoms with E-state index in [9.17, 15) is 0 Å². The zero-order valence-electron chi connectivity index (χ0n) is 9.05. The molecule has 2 nitrogen and oxygen atoms in total. The van der Waals surface area contributed by atoms with Crippen molar-refractivity contribution in [3.8, 4) is 0 Å². The van der Waals surface area contributed by atoms with E-state index in [0.717, 1.165) is 30.7 Å². The van der Waals surface area contributed by atoms with Crippen LogP contribution in [0.2, 0.25) is 0 Å². The van der Waals surface area contributed by atoms with E-state index in [1.807, 2.05) is 11.6 Å². The molecule has 0 aliphatic carbocycles. The van der Waals surface area contributed by atoms with Crippen molar-refractivity contribution in [2.24, 2.45) is 0 Å². The summed E-state index contributed by atoms with van der Waals surface area (Å²) >= 11 is 5.63. The lowest BCUT2D eigenvalue weighted by Crippen LogP contribution is -2.05. The number of allylic oxidation sites excluding steroid dienone is 1. The van der Waals surface area contributed by atoms with Crippen molar-refractivity contribution >= 4 is 11.6 Å². The highest BCUT2D eigenvalue weighted by molar-refractivity contribution is 6.25. The summed E-state index contributed by atoms with van der Waals surface area (Å²) < 4.78 is 2.03. The second kappa shape index (κ2) is 5.20. The molecular formula is C11H17ClN2. The van der Waals surface area contributed by atoms with Crippen molar-refractivity contribution in [2.75, 3.05) is 0 Å². The van der Waals surface area contributed by atoms with Gasteiger partial charge in [0.05, 0.1) is 12.2 Å². The van der Waals surface area contributed by atoms with E-state index in [-0.39, 0.29) is 0 Å². The Morgan fingerprint density at radius 2 is 2.21 bits per heavy atom. The largest absolute Gasteiger partial charge is 0.265 e. The van der Waals surface area contributed by atoms with E-state index >= 15 is 0 Å². The van der Waals surface area contributed by atoms with E-state index in [0.29, 0.717) is 0 Å². The van der Waals surface area contributed by atoms with Crippen LogP contribution in [0.3, 0.4) is 0 Å². The van der Waals surface area contributed by atoms with Gasteiger partial charge in [0.2, 0.25) is 0 Å². The molecule has 0 spiro atoms. The third-order valence-electron chi connectivity index (χ3n) is 2.22. The first kappa shape index (κ1) is 11.3. The molecule has 0 N–H and O–H groups in total. The summed E-state index contributed by atoms with van der Waals surface area (Å²) in [5.41, 5.74) is 5.18. The summed E-state index contributed by atoms with van der Waals surface area (Å²) in [7, 11) is 0. The quantitative estimate of drug-likeness (QED) is 0.750. The Bertz CT molecular complexity index is 326. The summed E-state index contributed by atoms with van der Waals surface area (Å²) in [6.07, 6.45) is 2.01. The van der Waals surface area contributed by atoms with Crippen LogP contribution in [-0.2, 0) is 19.4 Å². The van der Waals surface area contributed by atoms with Gasteiger partial charge in [-0.15, -0.1) is 0 Å². The minimum Gasteiger partial charge on any atom is -0.265 e. The van der Waals surface area contributed by atoms with Gasteiger partial charge in [-0.1, -0.05) is 25.4 Å². The second-order valence-electron chi connectivity index (χ2n) is 3.45. The first-order valence-corrected chi connectivity index (χ1v) is 5.46. The van der Waals surface area contributed by atoms with E-state index in [4.69, 9.17) is 11.6 Å². The molecule has 3 heteroatoms. The van der Waals surface area contributed by atoms with Crippen LogP contribution in [0.25, 0.3) is 0 Å². The van der Waals surface area contributed by atoms with Gasteiger partial charge in [-0.25, -0.2) is 0 Å². The first-order chi connectivity index (χ1) is 6.71. The lowest BCUT2D eigenvalue weighted by atomic mass is 10.2. The maximum atomic E-state index is 5.63. The van der Waals surface area contributed by atoms with E-state index < -0.39 is 0 Å². The molecule has 0 bridgehead atoms. The highest BCUT2D eigenvalue weighted by atomic mass is 35.5. The molecule has 14 heavy (non-hydrogen) atoms. The van der Waals surface area contributed by atoms with Gasteiger partial charge in [-0.2, -0.15) is 5.10 Å². The van der Waals surface area contributed by atoms with Crippen LogP contribution < -0.4 is 0 Å². The predicted octanol–water partition coefficient (Wildman–Crippen LogP) is 3.15. The number of aryl methyl sites for hydroxylation is 2. The van der Waals surface area contributed by atoms with Crippen molar-refractivity contribution < 1.29 is 0 Å². The predicted molar refractivity (Wildman–Crippen MR) is 60.6 cm³/mol. The molecule has 0 aliphatic rings. The molecule has 0 unspecified atom stereocenters.